The van der Waals surface area contributed by atoms with Crippen LogP contribution in [-0.4, -0.2) is 55.7 Å². The Hall–Kier alpha value is -2.60. The molecule has 1 aliphatic carbocycles. The maximum absolute atomic E-state index is 15.5. The van der Waals surface area contributed by atoms with E-state index in [1.54, 1.807) is 0 Å². The van der Waals surface area contributed by atoms with Gasteiger partial charge in [0.05, 0.1) is 18.3 Å². The van der Waals surface area contributed by atoms with Gasteiger partial charge in [0.2, 0.25) is 15.9 Å². The number of nitrogens with one attached hydrogen (secondary N) is 1. The van der Waals surface area contributed by atoms with E-state index in [9.17, 15) is 26.4 Å². The van der Waals surface area contributed by atoms with E-state index in [1.807, 2.05) is 4.72 Å². The van der Waals surface area contributed by atoms with Gasteiger partial charge in [0, 0.05) is 17.0 Å². The van der Waals surface area contributed by atoms with Gasteiger partial charge >= 0.3 is 0 Å². The zero-order chi connectivity index (χ0) is 26.4. The highest BCUT2D eigenvalue weighted by Gasteiger charge is 2.58. The van der Waals surface area contributed by atoms with Gasteiger partial charge in [-0.2, -0.15) is 0 Å². The summed E-state index contributed by atoms with van der Waals surface area (Å²) in [6, 6.07) is 2.65. The van der Waals surface area contributed by atoms with E-state index in [0.29, 0.717) is 0 Å². The van der Waals surface area contributed by atoms with Crippen LogP contribution in [0.15, 0.2) is 36.4 Å². The number of carbonyl (C=O) groups excluding carboxylic acids is 1. The molecule has 2 fully saturated rings. The van der Waals surface area contributed by atoms with Crippen molar-refractivity contribution in [3.05, 3.63) is 59.4 Å². The van der Waals surface area contributed by atoms with Crippen LogP contribution in [0.2, 0.25) is 0 Å². The van der Waals surface area contributed by atoms with Crippen molar-refractivity contribution in [1.29, 1.82) is 0 Å². The molecule has 2 aromatic carbocycles. The molecule has 1 saturated heterocycles. The topological polar surface area (TPSA) is 66.5 Å². The molecule has 0 unspecified atom stereocenters. The Labute approximate surface area is 204 Å². The summed E-state index contributed by atoms with van der Waals surface area (Å²) in [5.74, 6) is -8.54. The minimum atomic E-state index is -4.15. The fourth-order valence-corrected chi connectivity index (χ4v) is 5.56. The number of rotatable bonds is 7. The first-order valence-electron chi connectivity index (χ1n) is 11.4. The molecule has 4 rings (SSSR count). The summed E-state index contributed by atoms with van der Waals surface area (Å²) in [7, 11) is -4.15. The molecule has 5 nitrogen and oxygen atoms in total. The lowest BCUT2D eigenvalue weighted by Gasteiger charge is -2.35. The molecule has 0 spiro atoms. The third-order valence-electron chi connectivity index (χ3n) is 6.75. The fraction of sp³-hybridized carbons (Fsp3) is 0.458. The smallest absolute Gasteiger partial charge is 0.283 e. The molecular formula is C24H24F6N2O3S. The van der Waals surface area contributed by atoms with Crippen molar-refractivity contribution in [2.45, 2.75) is 50.4 Å². The second kappa shape index (κ2) is 9.70. The van der Waals surface area contributed by atoms with E-state index in [-0.39, 0.29) is 29.5 Å². The number of hydrogen-bond acceptors (Lipinski definition) is 3. The van der Waals surface area contributed by atoms with E-state index in [4.69, 9.17) is 0 Å². The molecule has 1 saturated carbocycles. The molecule has 2 aliphatic rings. The van der Waals surface area contributed by atoms with Crippen LogP contribution in [0, 0.1) is 23.4 Å². The average molecular weight is 535 g/mol. The van der Waals surface area contributed by atoms with Crippen LogP contribution in [0.1, 0.15) is 25.3 Å². The Balaban J connectivity index is 1.73. The van der Waals surface area contributed by atoms with Gasteiger partial charge in [0.15, 0.2) is 0 Å². The van der Waals surface area contributed by atoms with Crippen molar-refractivity contribution in [1.82, 2.24) is 9.62 Å². The summed E-state index contributed by atoms with van der Waals surface area (Å²) >= 11 is 0. The Morgan fingerprint density at radius 2 is 1.81 bits per heavy atom. The number of sulfonamides is 1. The van der Waals surface area contributed by atoms with Crippen LogP contribution >= 0.6 is 0 Å². The molecule has 1 heterocycles. The number of amides is 1. The summed E-state index contributed by atoms with van der Waals surface area (Å²) < 4.78 is 113. The van der Waals surface area contributed by atoms with Gasteiger partial charge in [0.25, 0.3) is 5.92 Å². The molecule has 0 aromatic heterocycles. The van der Waals surface area contributed by atoms with E-state index in [2.05, 4.69) is 0 Å². The van der Waals surface area contributed by atoms with Crippen molar-refractivity contribution in [3.8, 4) is 11.1 Å². The van der Waals surface area contributed by atoms with Gasteiger partial charge in [-0.3, -0.25) is 4.79 Å². The molecule has 1 aliphatic heterocycles. The molecule has 2 aromatic rings. The number of hydrogen-bond donors (Lipinski definition) is 1. The molecule has 0 bridgehead atoms. The van der Waals surface area contributed by atoms with Crippen LogP contribution in [-0.2, 0) is 21.2 Å². The van der Waals surface area contributed by atoms with Gasteiger partial charge in [0.1, 0.15) is 29.7 Å². The molecule has 196 valence electrons. The highest BCUT2D eigenvalue weighted by atomic mass is 32.2. The largest absolute Gasteiger partial charge is 0.331 e. The summed E-state index contributed by atoms with van der Waals surface area (Å²) in [4.78, 5) is 13.7. The molecule has 12 heteroatoms. The minimum Gasteiger partial charge on any atom is -0.331 e. The van der Waals surface area contributed by atoms with Crippen molar-refractivity contribution < 1.29 is 39.6 Å². The third kappa shape index (κ3) is 5.10. The average Bonchev–Trinajstić information content (AvgIpc) is 3.04. The third-order valence-corrected chi connectivity index (χ3v) is 8.12. The van der Waals surface area contributed by atoms with Crippen LogP contribution in [0.5, 0.6) is 0 Å². The maximum atomic E-state index is 15.5. The highest BCUT2D eigenvalue weighted by molar-refractivity contribution is 7.89. The molecule has 2 atom stereocenters. The van der Waals surface area contributed by atoms with E-state index in [0.717, 1.165) is 23.1 Å². The lowest BCUT2D eigenvalue weighted by Crippen LogP contribution is -2.53. The summed E-state index contributed by atoms with van der Waals surface area (Å²) in [6.07, 6.45) is -2.05. The Morgan fingerprint density at radius 1 is 1.11 bits per heavy atom. The zero-order valence-electron chi connectivity index (χ0n) is 19.2. The second-order valence-corrected chi connectivity index (χ2v) is 11.2. The first-order valence-corrected chi connectivity index (χ1v) is 13.0. The fourth-order valence-electron chi connectivity index (χ4n) is 4.67. The van der Waals surface area contributed by atoms with Gasteiger partial charge in [-0.15, -0.1) is 0 Å². The number of likely N-dealkylation sites (tertiary alicyclic amines) is 1. The van der Waals surface area contributed by atoms with Crippen molar-refractivity contribution in [2.75, 3.05) is 12.3 Å². The molecule has 0 radical (unpaired) electrons. The summed E-state index contributed by atoms with van der Waals surface area (Å²) in [5.41, 5.74) is -0.905. The SMILES string of the molecule is CCS(=O)(=O)N[C@@H]1[C@H](Cc2cccc(-c3cc(F)ccc3F)c2F)N(C(=O)[C@H]2C[C@@H](F)C2)CC1(F)F. The number of carbonyl (C=O) groups is 1. The van der Waals surface area contributed by atoms with Gasteiger partial charge in [-0.05, 0) is 49.9 Å². The van der Waals surface area contributed by atoms with Crippen LogP contribution in [0.3, 0.4) is 0 Å². The Morgan fingerprint density at radius 3 is 2.44 bits per heavy atom. The first kappa shape index (κ1) is 26.5. The minimum absolute atomic E-state index is 0.137. The molecule has 1 amide bonds. The number of alkyl halides is 3. The summed E-state index contributed by atoms with van der Waals surface area (Å²) in [6.45, 7) is 0.125. The van der Waals surface area contributed by atoms with Gasteiger partial charge < -0.3 is 4.90 Å². The quantitative estimate of drug-likeness (QED) is 0.542. The lowest BCUT2D eigenvalue weighted by atomic mass is 9.82. The van der Waals surface area contributed by atoms with Gasteiger partial charge in [-0.25, -0.2) is 39.5 Å². The molecular weight excluding hydrogens is 510 g/mol. The predicted octanol–water partition coefficient (Wildman–Crippen LogP) is 4.22. The lowest BCUT2D eigenvalue weighted by molar-refractivity contribution is -0.142. The first-order chi connectivity index (χ1) is 16.8. The second-order valence-electron chi connectivity index (χ2n) is 9.17. The molecule has 1 N–H and O–H groups in total. The van der Waals surface area contributed by atoms with Crippen LogP contribution in [0.25, 0.3) is 11.1 Å². The number of halogens is 6. The number of nitrogens with zero attached hydrogens (tertiary/aromatic N) is 1. The van der Waals surface area contributed by atoms with Crippen molar-refractivity contribution >= 4 is 15.9 Å². The Bertz CT molecular complexity index is 1270. The van der Waals surface area contributed by atoms with Crippen molar-refractivity contribution in [3.63, 3.8) is 0 Å². The van der Waals surface area contributed by atoms with E-state index in [1.165, 1.54) is 25.1 Å². The monoisotopic (exact) mass is 534 g/mol. The number of benzene rings is 2. The molecule has 36 heavy (non-hydrogen) atoms. The highest BCUT2D eigenvalue weighted by Crippen LogP contribution is 2.40. The standard InChI is InChI=1S/C24H24F6N2O3S/c1-2-36(34,35)31-22-20(32(12-24(22,29)30)23(33)14-8-16(26)9-14)10-13-4-3-5-17(21(13)28)18-11-15(25)6-7-19(18)27/h3-7,11,14,16,20,22,31H,2,8-10,12H2,1H3/t14-,16+,20-,22+/m0/s1. The van der Waals surface area contributed by atoms with Gasteiger partial charge in [-0.1, -0.05) is 18.2 Å². The maximum Gasteiger partial charge on any atom is 0.283 e. The van der Waals surface area contributed by atoms with E-state index >= 15 is 13.2 Å². The zero-order valence-corrected chi connectivity index (χ0v) is 20.0. The summed E-state index contributed by atoms with van der Waals surface area (Å²) in [5, 5.41) is 0. The predicted molar refractivity (Wildman–Crippen MR) is 120 cm³/mol. The Kier molecular flexibility index (Phi) is 7.13. The van der Waals surface area contributed by atoms with E-state index < -0.39 is 82.2 Å². The van der Waals surface area contributed by atoms with Crippen molar-refractivity contribution in [2.24, 2.45) is 5.92 Å². The normalized spacial score (nSPS) is 25.6. The van der Waals surface area contributed by atoms with Crippen LogP contribution in [0.4, 0.5) is 26.3 Å². The van der Waals surface area contributed by atoms with Crippen LogP contribution < -0.4 is 4.72 Å².